The Balaban J connectivity index is 0.000000199. The standard InChI is InChI=1S/C21H25N3O3.C19H20N2O3/c1-22-20(25)15-24-13-11-17(12-14-24)27-21(26)23-19-10-6-5-9-18(19)16-7-3-2-4-8-16;1-12-2-4-13(5-3-12)10-20-11-17(23)14-6-8-16(22)19-15(14)7-9-18(24)21-19/h2-10,17H,11-15H2,1H3,(H,22,25)(H,23,26);2-9,17,20,22-23H,10-11H2,1H3,(H,21,24). The number of hydrogen-bond donors (Lipinski definition) is 6. The molecule has 0 radical (unpaired) electrons. The molecule has 0 saturated carbocycles. The summed E-state index contributed by atoms with van der Waals surface area (Å²) in [6, 6.07) is 32.0. The number of nitrogens with zero attached hydrogens (tertiary/aromatic N) is 1. The van der Waals surface area contributed by atoms with E-state index >= 15 is 0 Å². The molecule has 0 spiro atoms. The van der Waals surface area contributed by atoms with Gasteiger partial charge >= 0.3 is 6.09 Å². The molecule has 0 bridgehead atoms. The number of aromatic hydroxyl groups is 1. The Labute approximate surface area is 297 Å². The number of aromatic nitrogens is 1. The number of amides is 2. The molecule has 6 rings (SSSR count). The van der Waals surface area contributed by atoms with Gasteiger partial charge in [0.15, 0.2) is 0 Å². The van der Waals surface area contributed by atoms with E-state index < -0.39 is 12.2 Å². The van der Waals surface area contributed by atoms with E-state index in [-0.39, 0.29) is 23.3 Å². The van der Waals surface area contributed by atoms with Crippen LogP contribution < -0.4 is 21.5 Å². The number of phenolic OH excluding ortho intramolecular Hbond substituents is 1. The summed E-state index contributed by atoms with van der Waals surface area (Å²) in [5.41, 5.74) is 5.79. The third kappa shape index (κ3) is 10.5. The highest BCUT2D eigenvalue weighted by atomic mass is 16.6. The second kappa shape index (κ2) is 18.0. The van der Waals surface area contributed by atoms with Crippen LogP contribution >= 0.6 is 0 Å². The number of ether oxygens (including phenoxy) is 1. The van der Waals surface area contributed by atoms with Crippen LogP contribution in [-0.2, 0) is 16.1 Å². The molecule has 5 aromatic rings. The molecule has 1 saturated heterocycles. The van der Waals surface area contributed by atoms with Crippen LogP contribution in [0.4, 0.5) is 10.5 Å². The highest BCUT2D eigenvalue weighted by Gasteiger charge is 2.24. The lowest BCUT2D eigenvalue weighted by atomic mass is 10.0. The molecule has 0 aliphatic carbocycles. The number of rotatable bonds is 10. The lowest BCUT2D eigenvalue weighted by molar-refractivity contribution is -0.122. The van der Waals surface area contributed by atoms with Crippen LogP contribution in [0.2, 0.25) is 0 Å². The van der Waals surface area contributed by atoms with Gasteiger partial charge < -0.3 is 30.6 Å². The minimum absolute atomic E-state index is 0.00429. The molecular weight excluding hydrogens is 646 g/mol. The molecule has 6 N–H and O–H groups in total. The molecule has 4 aromatic carbocycles. The number of aliphatic hydroxyl groups is 1. The van der Waals surface area contributed by atoms with E-state index in [2.05, 4.69) is 50.1 Å². The number of fused-ring (bicyclic) bond motifs is 1. The SMILES string of the molecule is CNC(=O)CN1CCC(OC(=O)Nc2ccccc2-c2ccccc2)CC1.Cc1ccc(CNCC(O)c2ccc(O)c3[nH]c(=O)ccc23)cc1. The largest absolute Gasteiger partial charge is 0.506 e. The second-order valence-corrected chi connectivity index (χ2v) is 12.5. The number of likely N-dealkylation sites (tertiary alicyclic amines) is 1. The molecule has 2 amide bonds. The van der Waals surface area contributed by atoms with Crippen molar-refractivity contribution in [3.05, 3.63) is 130 Å². The van der Waals surface area contributed by atoms with Gasteiger partial charge in [-0.05, 0) is 54.7 Å². The van der Waals surface area contributed by atoms with E-state index in [4.69, 9.17) is 4.74 Å². The number of nitrogens with one attached hydrogen (secondary N) is 4. The Kier molecular flexibility index (Phi) is 12.9. The first-order valence-electron chi connectivity index (χ1n) is 17.0. The average molecular weight is 692 g/mol. The number of carbonyl (C=O) groups excluding carboxylic acids is 2. The van der Waals surface area contributed by atoms with Crippen molar-refractivity contribution in [1.82, 2.24) is 20.5 Å². The van der Waals surface area contributed by atoms with Gasteiger partial charge in [0.25, 0.3) is 0 Å². The van der Waals surface area contributed by atoms with Gasteiger partial charge in [-0.3, -0.25) is 19.8 Å². The first kappa shape index (κ1) is 36.8. The van der Waals surface area contributed by atoms with Crippen LogP contribution in [-0.4, -0.2) is 71.4 Å². The predicted octanol–water partition coefficient (Wildman–Crippen LogP) is 5.48. The van der Waals surface area contributed by atoms with Gasteiger partial charge in [-0.25, -0.2) is 4.79 Å². The number of aromatic amines is 1. The number of anilines is 1. The summed E-state index contributed by atoms with van der Waals surface area (Å²) < 4.78 is 5.59. The van der Waals surface area contributed by atoms with Gasteiger partial charge in [0, 0.05) is 50.2 Å². The van der Waals surface area contributed by atoms with Crippen molar-refractivity contribution in [1.29, 1.82) is 0 Å². The minimum atomic E-state index is -0.746. The normalized spacial score (nSPS) is 13.9. The van der Waals surface area contributed by atoms with Crippen LogP contribution in [0.25, 0.3) is 22.0 Å². The highest BCUT2D eigenvalue weighted by Crippen LogP contribution is 2.29. The number of aliphatic hydroxyl groups excluding tert-OH is 1. The number of pyridine rings is 1. The highest BCUT2D eigenvalue weighted by molar-refractivity contribution is 5.91. The van der Waals surface area contributed by atoms with Gasteiger partial charge in [-0.2, -0.15) is 0 Å². The Morgan fingerprint density at radius 3 is 2.35 bits per heavy atom. The number of carbonyl (C=O) groups is 2. The number of piperidine rings is 1. The van der Waals surface area contributed by atoms with Crippen LogP contribution in [0, 0.1) is 6.92 Å². The number of para-hydroxylation sites is 1. The van der Waals surface area contributed by atoms with Crippen LogP contribution in [0.15, 0.2) is 108 Å². The summed E-state index contributed by atoms with van der Waals surface area (Å²) in [5, 5.41) is 29.7. The Bertz CT molecular complexity index is 1960. The van der Waals surface area contributed by atoms with Crippen molar-refractivity contribution in [3.63, 3.8) is 0 Å². The van der Waals surface area contributed by atoms with Gasteiger partial charge in [-0.15, -0.1) is 0 Å². The number of likely N-dealkylation sites (N-methyl/N-ethyl adjacent to an activating group) is 1. The van der Waals surface area contributed by atoms with Gasteiger partial charge in [0.2, 0.25) is 11.5 Å². The molecule has 1 atom stereocenters. The van der Waals surface area contributed by atoms with E-state index in [9.17, 15) is 24.6 Å². The quantitative estimate of drug-likeness (QED) is 0.113. The van der Waals surface area contributed by atoms with E-state index in [0.29, 0.717) is 36.1 Å². The van der Waals surface area contributed by atoms with Crippen LogP contribution in [0.1, 0.15) is 35.6 Å². The van der Waals surface area contributed by atoms with E-state index in [1.54, 1.807) is 19.2 Å². The molecule has 2 heterocycles. The molecular formula is C40H45N5O6. The fourth-order valence-corrected chi connectivity index (χ4v) is 5.94. The monoisotopic (exact) mass is 691 g/mol. The summed E-state index contributed by atoms with van der Waals surface area (Å²) in [6.45, 7) is 4.94. The zero-order valence-electron chi connectivity index (χ0n) is 28.9. The maximum absolute atomic E-state index is 12.4. The number of aryl methyl sites for hydroxylation is 1. The topological polar surface area (TPSA) is 156 Å². The molecule has 1 unspecified atom stereocenters. The maximum atomic E-state index is 12.4. The molecule has 1 aliphatic rings. The molecule has 51 heavy (non-hydrogen) atoms. The molecule has 1 aromatic heterocycles. The zero-order chi connectivity index (χ0) is 36.2. The molecule has 1 aliphatic heterocycles. The lowest BCUT2D eigenvalue weighted by Gasteiger charge is -2.31. The van der Waals surface area contributed by atoms with Crippen molar-refractivity contribution in [2.24, 2.45) is 0 Å². The summed E-state index contributed by atoms with van der Waals surface area (Å²) >= 11 is 0. The van der Waals surface area contributed by atoms with Crippen LogP contribution in [0.3, 0.4) is 0 Å². The minimum Gasteiger partial charge on any atom is -0.506 e. The van der Waals surface area contributed by atoms with Gasteiger partial charge in [0.1, 0.15) is 11.9 Å². The van der Waals surface area contributed by atoms with E-state index in [0.717, 1.165) is 48.3 Å². The first-order valence-corrected chi connectivity index (χ1v) is 17.0. The Hall–Kier alpha value is -5.49. The number of benzene rings is 4. The van der Waals surface area contributed by atoms with Gasteiger partial charge in [-0.1, -0.05) is 84.4 Å². The Morgan fingerprint density at radius 2 is 1.63 bits per heavy atom. The summed E-state index contributed by atoms with van der Waals surface area (Å²) in [7, 11) is 1.63. The third-order valence-electron chi connectivity index (χ3n) is 8.76. The third-order valence-corrected chi connectivity index (χ3v) is 8.76. The molecule has 11 heteroatoms. The predicted molar refractivity (Wildman–Crippen MR) is 200 cm³/mol. The number of hydrogen-bond acceptors (Lipinski definition) is 8. The summed E-state index contributed by atoms with van der Waals surface area (Å²) in [4.78, 5) is 39.9. The number of H-pyrrole nitrogens is 1. The smallest absolute Gasteiger partial charge is 0.411 e. The van der Waals surface area contributed by atoms with Gasteiger partial charge in [0.05, 0.1) is 23.9 Å². The Morgan fingerprint density at radius 1 is 0.922 bits per heavy atom. The first-order chi connectivity index (χ1) is 24.7. The molecule has 11 nitrogen and oxygen atoms in total. The van der Waals surface area contributed by atoms with Crippen molar-refractivity contribution in [2.45, 2.75) is 38.5 Å². The zero-order valence-corrected chi connectivity index (χ0v) is 28.9. The number of phenols is 1. The van der Waals surface area contributed by atoms with Crippen molar-refractivity contribution < 1.29 is 24.5 Å². The van der Waals surface area contributed by atoms with E-state index in [1.165, 1.54) is 17.7 Å². The summed E-state index contributed by atoms with van der Waals surface area (Å²) in [6.07, 6.45) is 0.137. The van der Waals surface area contributed by atoms with E-state index in [1.807, 2.05) is 61.5 Å². The lowest BCUT2D eigenvalue weighted by Crippen LogP contribution is -2.43. The molecule has 1 fully saturated rings. The fourth-order valence-electron chi connectivity index (χ4n) is 5.94. The van der Waals surface area contributed by atoms with Crippen molar-refractivity contribution in [3.8, 4) is 16.9 Å². The maximum Gasteiger partial charge on any atom is 0.411 e. The average Bonchev–Trinajstić information content (AvgIpc) is 3.14. The summed E-state index contributed by atoms with van der Waals surface area (Å²) in [5.74, 6) is -0.00380. The fraction of sp³-hybridized carbons (Fsp3) is 0.275. The van der Waals surface area contributed by atoms with Crippen molar-refractivity contribution >= 4 is 28.6 Å². The van der Waals surface area contributed by atoms with Crippen molar-refractivity contribution in [2.75, 3.05) is 38.5 Å². The molecule has 266 valence electrons. The second-order valence-electron chi connectivity index (χ2n) is 12.5. The van der Waals surface area contributed by atoms with Crippen LogP contribution in [0.5, 0.6) is 5.75 Å².